The highest BCUT2D eigenvalue weighted by molar-refractivity contribution is 7.92. The highest BCUT2D eigenvalue weighted by Gasteiger charge is 2.29. The summed E-state index contributed by atoms with van der Waals surface area (Å²) in [4.78, 5) is 12.6. The number of hydrogen-bond donors (Lipinski definition) is 1. The van der Waals surface area contributed by atoms with Gasteiger partial charge in [0, 0.05) is 11.6 Å². The molecule has 0 aliphatic heterocycles. The van der Waals surface area contributed by atoms with Crippen molar-refractivity contribution in [1.29, 1.82) is 0 Å². The zero-order valence-electron chi connectivity index (χ0n) is 15.5. The van der Waals surface area contributed by atoms with Gasteiger partial charge < -0.3 is 10.1 Å². The molecule has 1 N–H and O–H groups in total. The molecule has 0 saturated heterocycles. The van der Waals surface area contributed by atoms with Crippen molar-refractivity contribution < 1.29 is 17.9 Å². The van der Waals surface area contributed by atoms with Crippen molar-refractivity contribution in [2.45, 2.75) is 26.4 Å². The van der Waals surface area contributed by atoms with Crippen LogP contribution in [-0.2, 0) is 21.4 Å². The van der Waals surface area contributed by atoms with Gasteiger partial charge in [-0.15, -0.1) is 0 Å². The molecule has 0 radical (unpaired) electrons. The second-order valence-electron chi connectivity index (χ2n) is 5.97. The Morgan fingerprint density at radius 1 is 1.19 bits per heavy atom. The number of benzene rings is 2. The SMILES string of the molecule is CCOc1ccc(N([C@H](C)C(=O)NCc2ccccc2Cl)S(C)(=O)=O)cc1. The van der Waals surface area contributed by atoms with Crippen LogP contribution in [0.15, 0.2) is 48.5 Å². The smallest absolute Gasteiger partial charge is 0.243 e. The van der Waals surface area contributed by atoms with Gasteiger partial charge in [-0.05, 0) is 49.7 Å². The van der Waals surface area contributed by atoms with E-state index in [1.807, 2.05) is 13.0 Å². The van der Waals surface area contributed by atoms with E-state index in [1.165, 1.54) is 0 Å². The van der Waals surface area contributed by atoms with E-state index in [0.29, 0.717) is 23.1 Å². The molecule has 27 heavy (non-hydrogen) atoms. The van der Waals surface area contributed by atoms with Gasteiger partial charge in [-0.2, -0.15) is 0 Å². The molecular weight excluding hydrogens is 388 g/mol. The number of sulfonamides is 1. The number of carbonyl (C=O) groups excluding carboxylic acids is 1. The summed E-state index contributed by atoms with van der Waals surface area (Å²) in [5.74, 6) is 0.208. The number of nitrogens with zero attached hydrogens (tertiary/aromatic N) is 1. The van der Waals surface area contributed by atoms with Crippen LogP contribution in [0.4, 0.5) is 5.69 Å². The number of ether oxygens (including phenoxy) is 1. The van der Waals surface area contributed by atoms with Gasteiger partial charge in [-0.25, -0.2) is 8.42 Å². The summed E-state index contributed by atoms with van der Waals surface area (Å²) in [5, 5.41) is 3.28. The van der Waals surface area contributed by atoms with Gasteiger partial charge in [0.1, 0.15) is 11.8 Å². The van der Waals surface area contributed by atoms with Crippen LogP contribution in [0.5, 0.6) is 5.75 Å². The van der Waals surface area contributed by atoms with Crippen LogP contribution in [-0.4, -0.2) is 33.2 Å². The van der Waals surface area contributed by atoms with E-state index >= 15 is 0 Å². The van der Waals surface area contributed by atoms with Crippen molar-refractivity contribution in [2.24, 2.45) is 0 Å². The maximum absolute atomic E-state index is 12.6. The highest BCUT2D eigenvalue weighted by atomic mass is 35.5. The number of hydrogen-bond acceptors (Lipinski definition) is 4. The van der Waals surface area contributed by atoms with Gasteiger partial charge >= 0.3 is 0 Å². The van der Waals surface area contributed by atoms with Gasteiger partial charge in [0.2, 0.25) is 15.9 Å². The summed E-state index contributed by atoms with van der Waals surface area (Å²) >= 11 is 6.09. The molecule has 6 nitrogen and oxygen atoms in total. The zero-order chi connectivity index (χ0) is 20.0. The minimum Gasteiger partial charge on any atom is -0.494 e. The molecule has 0 bridgehead atoms. The quantitative estimate of drug-likeness (QED) is 0.725. The Labute approximate surface area is 165 Å². The Morgan fingerprint density at radius 2 is 1.81 bits per heavy atom. The minimum absolute atomic E-state index is 0.212. The average Bonchev–Trinajstić information content (AvgIpc) is 2.61. The standard InChI is InChI=1S/C19H23ClN2O4S/c1-4-26-17-11-9-16(10-12-17)22(27(3,24)25)14(2)19(23)21-13-15-7-5-6-8-18(15)20/h5-12,14H,4,13H2,1-3H3,(H,21,23)/t14-/m1/s1. The molecule has 0 aromatic heterocycles. The highest BCUT2D eigenvalue weighted by Crippen LogP contribution is 2.24. The molecule has 1 atom stereocenters. The molecule has 146 valence electrons. The van der Waals surface area contributed by atoms with Crippen LogP contribution in [0, 0.1) is 0 Å². The number of carbonyl (C=O) groups is 1. The fraction of sp³-hybridized carbons (Fsp3) is 0.316. The largest absolute Gasteiger partial charge is 0.494 e. The molecule has 8 heteroatoms. The Bertz CT molecular complexity index is 885. The third-order valence-corrected chi connectivity index (χ3v) is 5.51. The molecule has 1 amide bonds. The lowest BCUT2D eigenvalue weighted by Gasteiger charge is -2.28. The Morgan fingerprint density at radius 3 is 2.37 bits per heavy atom. The first-order chi connectivity index (χ1) is 12.7. The van der Waals surface area contributed by atoms with Gasteiger partial charge in [0.15, 0.2) is 0 Å². The van der Waals surface area contributed by atoms with Gasteiger partial charge in [-0.1, -0.05) is 29.8 Å². The van der Waals surface area contributed by atoms with Crippen LogP contribution in [0.3, 0.4) is 0 Å². The van der Waals surface area contributed by atoms with Gasteiger partial charge in [0.25, 0.3) is 0 Å². The van der Waals surface area contributed by atoms with Crippen LogP contribution in [0.2, 0.25) is 5.02 Å². The lowest BCUT2D eigenvalue weighted by Crippen LogP contribution is -2.47. The molecule has 0 fully saturated rings. The van der Waals surface area contributed by atoms with Crippen molar-refractivity contribution in [2.75, 3.05) is 17.2 Å². The van der Waals surface area contributed by atoms with Crippen LogP contribution >= 0.6 is 11.6 Å². The maximum Gasteiger partial charge on any atom is 0.243 e. The fourth-order valence-corrected chi connectivity index (χ4v) is 4.01. The second-order valence-corrected chi connectivity index (χ2v) is 8.24. The summed E-state index contributed by atoms with van der Waals surface area (Å²) in [6.07, 6.45) is 1.07. The zero-order valence-corrected chi connectivity index (χ0v) is 17.0. The maximum atomic E-state index is 12.6. The van der Waals surface area contributed by atoms with E-state index in [2.05, 4.69) is 5.32 Å². The summed E-state index contributed by atoms with van der Waals surface area (Å²) in [5.41, 5.74) is 1.15. The van der Waals surface area contributed by atoms with Gasteiger partial charge in [-0.3, -0.25) is 9.10 Å². The molecule has 2 aromatic rings. The second kappa shape index (κ2) is 9.10. The van der Waals surface area contributed by atoms with Crippen molar-refractivity contribution in [3.8, 4) is 5.75 Å². The molecule has 0 heterocycles. The normalized spacial score (nSPS) is 12.3. The van der Waals surface area contributed by atoms with Crippen LogP contribution < -0.4 is 14.4 Å². The lowest BCUT2D eigenvalue weighted by atomic mass is 10.2. The van der Waals surface area contributed by atoms with Crippen LogP contribution in [0.25, 0.3) is 0 Å². The number of rotatable bonds is 8. The first-order valence-corrected chi connectivity index (χ1v) is 10.7. The number of amides is 1. The van der Waals surface area contributed by atoms with Crippen molar-refractivity contribution in [1.82, 2.24) is 5.32 Å². The van der Waals surface area contributed by atoms with E-state index in [4.69, 9.17) is 16.3 Å². The van der Waals surface area contributed by atoms with Crippen LogP contribution in [0.1, 0.15) is 19.4 Å². The predicted molar refractivity (Wildman–Crippen MR) is 108 cm³/mol. The van der Waals surface area contributed by atoms with Crippen molar-refractivity contribution in [3.05, 3.63) is 59.1 Å². The monoisotopic (exact) mass is 410 g/mol. The molecular formula is C19H23ClN2O4S. The molecule has 0 unspecified atom stereocenters. The first kappa shape index (κ1) is 21.1. The first-order valence-electron chi connectivity index (χ1n) is 8.47. The van der Waals surface area contributed by atoms with E-state index in [-0.39, 0.29) is 6.54 Å². The minimum atomic E-state index is -3.67. The van der Waals surface area contributed by atoms with E-state index < -0.39 is 22.0 Å². The average molecular weight is 411 g/mol. The fourth-order valence-electron chi connectivity index (χ4n) is 2.64. The topological polar surface area (TPSA) is 75.7 Å². The van der Waals surface area contributed by atoms with E-state index in [0.717, 1.165) is 16.1 Å². The lowest BCUT2D eigenvalue weighted by molar-refractivity contribution is -0.122. The summed E-state index contributed by atoms with van der Waals surface area (Å²) in [6.45, 7) is 4.13. The molecule has 2 aromatic carbocycles. The predicted octanol–water partition coefficient (Wildman–Crippen LogP) is 3.21. The molecule has 0 aliphatic rings. The number of nitrogens with one attached hydrogen (secondary N) is 1. The number of halogens is 1. The molecule has 2 rings (SSSR count). The Hall–Kier alpha value is -2.25. The summed E-state index contributed by atoms with van der Waals surface area (Å²) < 4.78 is 31.1. The van der Waals surface area contributed by atoms with Gasteiger partial charge in [0.05, 0.1) is 18.6 Å². The van der Waals surface area contributed by atoms with E-state index in [1.54, 1.807) is 49.4 Å². The third-order valence-electron chi connectivity index (χ3n) is 3.90. The Kier molecular flexibility index (Phi) is 7.10. The number of anilines is 1. The van der Waals surface area contributed by atoms with E-state index in [9.17, 15) is 13.2 Å². The molecule has 0 aliphatic carbocycles. The molecule has 0 spiro atoms. The molecule has 0 saturated carbocycles. The summed E-state index contributed by atoms with van der Waals surface area (Å²) in [7, 11) is -3.67. The Balaban J connectivity index is 2.18. The van der Waals surface area contributed by atoms with Crippen molar-refractivity contribution in [3.63, 3.8) is 0 Å². The third kappa shape index (κ3) is 5.61. The van der Waals surface area contributed by atoms with Crippen molar-refractivity contribution >= 4 is 33.2 Å². The summed E-state index contributed by atoms with van der Waals surface area (Å²) in [6, 6.07) is 12.8.